The molecule has 0 bridgehead atoms. The first-order valence-electron chi connectivity index (χ1n) is 7.06. The van der Waals surface area contributed by atoms with Crippen molar-refractivity contribution in [3.05, 3.63) is 47.4 Å². The topological polar surface area (TPSA) is 68.7 Å². The number of esters is 1. The van der Waals surface area contributed by atoms with Crippen molar-refractivity contribution >= 4 is 17.3 Å². The molecule has 0 fully saturated rings. The summed E-state index contributed by atoms with van der Waals surface area (Å²) in [6.07, 6.45) is 2.47. The maximum Gasteiger partial charge on any atom is 0.341 e. The fraction of sp³-hybridized carbons (Fsp3) is 0.312. The Kier molecular flexibility index (Phi) is 3.56. The zero-order valence-electron chi connectivity index (χ0n) is 12.0. The van der Waals surface area contributed by atoms with E-state index in [0.717, 1.165) is 24.3 Å². The summed E-state index contributed by atoms with van der Waals surface area (Å²) in [4.78, 5) is 14.0. The van der Waals surface area contributed by atoms with Crippen LogP contribution < -0.4 is 10.6 Å². The van der Waals surface area contributed by atoms with Crippen molar-refractivity contribution < 1.29 is 13.9 Å². The fourth-order valence-electron chi connectivity index (χ4n) is 2.75. The van der Waals surface area contributed by atoms with Crippen LogP contribution in [0, 0.1) is 0 Å². The van der Waals surface area contributed by atoms with Crippen LogP contribution in [0.4, 0.5) is 11.4 Å². The molecule has 1 aliphatic rings. The van der Waals surface area contributed by atoms with Gasteiger partial charge in [0.2, 0.25) is 0 Å². The Balaban J connectivity index is 1.84. The van der Waals surface area contributed by atoms with Crippen LogP contribution in [0.2, 0.25) is 0 Å². The van der Waals surface area contributed by atoms with Gasteiger partial charge >= 0.3 is 5.97 Å². The van der Waals surface area contributed by atoms with Crippen LogP contribution >= 0.6 is 0 Å². The first kappa shape index (κ1) is 13.5. The fourth-order valence-corrected chi connectivity index (χ4v) is 2.75. The molecule has 0 aliphatic carbocycles. The first-order chi connectivity index (χ1) is 10.2. The number of ether oxygens (including phenoxy) is 1. The van der Waals surface area contributed by atoms with Crippen molar-refractivity contribution in [2.75, 3.05) is 23.8 Å². The van der Waals surface area contributed by atoms with Crippen molar-refractivity contribution in [3.8, 4) is 0 Å². The number of hydrogen-bond donors (Lipinski definition) is 1. The molecule has 5 heteroatoms. The molecule has 110 valence electrons. The number of anilines is 2. The average molecular weight is 286 g/mol. The summed E-state index contributed by atoms with van der Waals surface area (Å²) in [5.41, 5.74) is 9.60. The normalized spacial score (nSPS) is 13.3. The van der Waals surface area contributed by atoms with E-state index in [1.54, 1.807) is 13.0 Å². The highest BCUT2D eigenvalue weighted by molar-refractivity contribution is 5.90. The Bertz CT molecular complexity index is 663. The van der Waals surface area contributed by atoms with Gasteiger partial charge in [-0.15, -0.1) is 0 Å². The lowest BCUT2D eigenvalue weighted by Crippen LogP contribution is -2.21. The van der Waals surface area contributed by atoms with Crippen LogP contribution in [0.3, 0.4) is 0 Å². The van der Waals surface area contributed by atoms with E-state index in [2.05, 4.69) is 11.0 Å². The zero-order chi connectivity index (χ0) is 14.8. The van der Waals surface area contributed by atoms with Crippen molar-refractivity contribution in [2.24, 2.45) is 0 Å². The van der Waals surface area contributed by atoms with Gasteiger partial charge < -0.3 is 19.8 Å². The number of benzene rings is 1. The van der Waals surface area contributed by atoms with Crippen LogP contribution in [0.5, 0.6) is 0 Å². The monoisotopic (exact) mass is 286 g/mol. The van der Waals surface area contributed by atoms with E-state index in [1.807, 2.05) is 12.1 Å². The summed E-state index contributed by atoms with van der Waals surface area (Å²) < 4.78 is 10.5. The molecule has 2 N–H and O–H groups in total. The highest BCUT2D eigenvalue weighted by Crippen LogP contribution is 2.35. The number of nitrogens with zero attached hydrogens (tertiary/aromatic N) is 1. The molecule has 1 aliphatic heterocycles. The lowest BCUT2D eigenvalue weighted by Gasteiger charge is -2.20. The minimum Gasteiger partial charge on any atom is -0.467 e. The molecule has 1 aromatic carbocycles. The second-order valence-corrected chi connectivity index (χ2v) is 5.00. The lowest BCUT2D eigenvalue weighted by molar-refractivity contribution is 0.0524. The van der Waals surface area contributed by atoms with Gasteiger partial charge in [0.25, 0.3) is 0 Å². The van der Waals surface area contributed by atoms with E-state index in [0.29, 0.717) is 24.5 Å². The summed E-state index contributed by atoms with van der Waals surface area (Å²) >= 11 is 0. The van der Waals surface area contributed by atoms with E-state index in [4.69, 9.17) is 14.9 Å². The van der Waals surface area contributed by atoms with Gasteiger partial charge in [-0.1, -0.05) is 12.1 Å². The molecule has 2 heterocycles. The molecule has 3 rings (SSSR count). The van der Waals surface area contributed by atoms with E-state index in [1.165, 1.54) is 11.8 Å². The Morgan fingerprint density at radius 1 is 1.43 bits per heavy atom. The summed E-state index contributed by atoms with van der Waals surface area (Å²) in [5.74, 6) is 0.270. The molecule has 5 nitrogen and oxygen atoms in total. The molecule has 0 saturated heterocycles. The Morgan fingerprint density at radius 3 is 3.10 bits per heavy atom. The van der Waals surface area contributed by atoms with Crippen molar-refractivity contribution in [3.63, 3.8) is 0 Å². The smallest absolute Gasteiger partial charge is 0.341 e. The average Bonchev–Trinajstić information content (AvgIpc) is 3.08. The third-order valence-corrected chi connectivity index (χ3v) is 3.69. The van der Waals surface area contributed by atoms with Crippen LogP contribution in [0.15, 0.2) is 34.9 Å². The number of nitrogens with two attached hydrogens (primary N) is 1. The summed E-state index contributed by atoms with van der Waals surface area (Å²) in [7, 11) is 0. The predicted octanol–water partition coefficient (Wildman–Crippen LogP) is 2.60. The number of carbonyl (C=O) groups is 1. The maximum absolute atomic E-state index is 11.9. The highest BCUT2D eigenvalue weighted by atomic mass is 16.5. The van der Waals surface area contributed by atoms with Crippen LogP contribution in [-0.2, 0) is 17.7 Å². The minimum absolute atomic E-state index is 0.346. The quantitative estimate of drug-likeness (QED) is 0.691. The Morgan fingerprint density at radius 2 is 2.29 bits per heavy atom. The molecule has 0 unspecified atom stereocenters. The number of fused-ring (bicyclic) bond motifs is 1. The molecule has 21 heavy (non-hydrogen) atoms. The Labute approximate surface area is 123 Å². The first-order valence-corrected chi connectivity index (χ1v) is 7.06. The van der Waals surface area contributed by atoms with Crippen molar-refractivity contribution in [1.82, 2.24) is 0 Å². The second kappa shape index (κ2) is 5.52. The highest BCUT2D eigenvalue weighted by Gasteiger charge is 2.24. The standard InChI is InChI=1S/C16H18N2O3/c1-2-20-16(19)12-7-9-21-14(12)10-18-8-6-11-4-3-5-13(17)15(11)18/h3-5,7,9H,2,6,8,10,17H2,1H3. The molecule has 0 amide bonds. The summed E-state index contributed by atoms with van der Waals surface area (Å²) in [6.45, 7) is 3.52. The number of nitrogen functional groups attached to an aromatic ring is 1. The van der Waals surface area contributed by atoms with Gasteiger partial charge in [0.1, 0.15) is 11.3 Å². The van der Waals surface area contributed by atoms with E-state index >= 15 is 0 Å². The molecular formula is C16H18N2O3. The second-order valence-electron chi connectivity index (χ2n) is 5.00. The van der Waals surface area contributed by atoms with Crippen LogP contribution in [-0.4, -0.2) is 19.1 Å². The maximum atomic E-state index is 11.9. The number of furan rings is 1. The van der Waals surface area contributed by atoms with Crippen molar-refractivity contribution in [2.45, 2.75) is 19.9 Å². The predicted molar refractivity (Wildman–Crippen MR) is 80.3 cm³/mol. The number of carbonyl (C=O) groups excluding carboxylic acids is 1. The summed E-state index contributed by atoms with van der Waals surface area (Å²) in [5, 5.41) is 0. The third kappa shape index (κ3) is 2.46. The van der Waals surface area contributed by atoms with Gasteiger partial charge in [0, 0.05) is 6.54 Å². The van der Waals surface area contributed by atoms with Gasteiger partial charge in [-0.05, 0) is 31.0 Å². The zero-order valence-corrected chi connectivity index (χ0v) is 12.0. The van der Waals surface area contributed by atoms with E-state index in [9.17, 15) is 4.79 Å². The SMILES string of the molecule is CCOC(=O)c1ccoc1CN1CCc2cccc(N)c21. The summed E-state index contributed by atoms with van der Waals surface area (Å²) in [6, 6.07) is 7.60. The molecule has 0 spiro atoms. The van der Waals surface area contributed by atoms with Gasteiger partial charge in [0.15, 0.2) is 0 Å². The number of hydrogen-bond acceptors (Lipinski definition) is 5. The molecule has 1 aromatic heterocycles. The van der Waals surface area contributed by atoms with Gasteiger partial charge in [-0.3, -0.25) is 0 Å². The molecule has 2 aromatic rings. The van der Waals surface area contributed by atoms with Crippen molar-refractivity contribution in [1.29, 1.82) is 0 Å². The lowest BCUT2D eigenvalue weighted by atomic mass is 10.1. The Hall–Kier alpha value is -2.43. The third-order valence-electron chi connectivity index (χ3n) is 3.69. The van der Waals surface area contributed by atoms with E-state index < -0.39 is 0 Å². The molecule has 0 atom stereocenters. The minimum atomic E-state index is -0.346. The van der Waals surface area contributed by atoms with Crippen LogP contribution in [0.1, 0.15) is 28.6 Å². The molecule has 0 radical (unpaired) electrons. The van der Waals surface area contributed by atoms with Crippen LogP contribution in [0.25, 0.3) is 0 Å². The van der Waals surface area contributed by atoms with E-state index in [-0.39, 0.29) is 5.97 Å². The molecular weight excluding hydrogens is 268 g/mol. The van der Waals surface area contributed by atoms with Gasteiger partial charge in [-0.25, -0.2) is 4.79 Å². The number of para-hydroxylation sites is 1. The van der Waals surface area contributed by atoms with Gasteiger partial charge in [-0.2, -0.15) is 0 Å². The molecule has 0 saturated carbocycles. The number of rotatable bonds is 4. The largest absolute Gasteiger partial charge is 0.467 e. The van der Waals surface area contributed by atoms with Gasteiger partial charge in [0.05, 0.1) is 30.8 Å².